The van der Waals surface area contributed by atoms with Crippen molar-refractivity contribution in [1.82, 2.24) is 10.2 Å². The van der Waals surface area contributed by atoms with Gasteiger partial charge in [-0.05, 0) is 55.3 Å². The van der Waals surface area contributed by atoms with Gasteiger partial charge in [-0.2, -0.15) is 0 Å². The van der Waals surface area contributed by atoms with Gasteiger partial charge in [0.1, 0.15) is 24.2 Å². The van der Waals surface area contributed by atoms with Crippen LogP contribution in [0.3, 0.4) is 0 Å². The first-order valence-corrected chi connectivity index (χ1v) is 14.6. The fourth-order valence-corrected chi connectivity index (χ4v) is 5.52. The number of hydrogen-bond acceptors (Lipinski definition) is 6. The molecule has 226 valence electrons. The van der Waals surface area contributed by atoms with Crippen LogP contribution in [0, 0.1) is 17.6 Å². The molecule has 0 aliphatic carbocycles. The lowest BCUT2D eigenvalue weighted by Crippen LogP contribution is -2.51. The molecule has 0 aliphatic heterocycles. The highest BCUT2D eigenvalue weighted by Gasteiger charge is 2.33. The molecule has 3 aromatic carbocycles. The molecule has 1 atom stereocenters. The highest BCUT2D eigenvalue weighted by atomic mass is 32.2. The van der Waals surface area contributed by atoms with Crippen molar-refractivity contribution in [3.8, 4) is 11.5 Å². The van der Waals surface area contributed by atoms with Crippen molar-refractivity contribution < 1.29 is 36.3 Å². The second-order valence-electron chi connectivity index (χ2n) is 9.93. The molecule has 0 radical (unpaired) electrons. The summed E-state index contributed by atoms with van der Waals surface area (Å²) in [5.74, 6) is -1.89. The lowest BCUT2D eigenvalue weighted by Gasteiger charge is -2.32. The smallest absolute Gasteiger partial charge is 0.264 e. The van der Waals surface area contributed by atoms with Gasteiger partial charge in [-0.15, -0.1) is 0 Å². The number of halogens is 2. The number of anilines is 1. The van der Waals surface area contributed by atoms with E-state index in [-0.39, 0.29) is 40.1 Å². The van der Waals surface area contributed by atoms with Crippen LogP contribution in [0.2, 0.25) is 0 Å². The molecular weight excluding hydrogens is 568 g/mol. The molecule has 0 aromatic heterocycles. The fraction of sp³-hybridized carbons (Fsp3) is 0.333. The molecule has 0 saturated carbocycles. The molecular formula is C30H35F2N3O6S. The molecule has 1 N–H and O–H groups in total. The predicted octanol–water partition coefficient (Wildman–Crippen LogP) is 4.37. The zero-order valence-corrected chi connectivity index (χ0v) is 25.0. The second-order valence-corrected chi connectivity index (χ2v) is 11.8. The van der Waals surface area contributed by atoms with Crippen molar-refractivity contribution in [1.29, 1.82) is 0 Å². The van der Waals surface area contributed by atoms with Crippen LogP contribution in [-0.4, -0.2) is 58.5 Å². The van der Waals surface area contributed by atoms with E-state index in [1.54, 1.807) is 6.07 Å². The zero-order valence-electron chi connectivity index (χ0n) is 24.1. The van der Waals surface area contributed by atoms with Crippen molar-refractivity contribution in [3.05, 3.63) is 83.9 Å². The summed E-state index contributed by atoms with van der Waals surface area (Å²) in [6.45, 7) is 4.59. The van der Waals surface area contributed by atoms with E-state index in [0.29, 0.717) is 6.54 Å². The third-order valence-electron chi connectivity index (χ3n) is 6.49. The Labute approximate surface area is 245 Å². The average molecular weight is 604 g/mol. The zero-order chi connectivity index (χ0) is 31.0. The number of hydrogen-bond donors (Lipinski definition) is 1. The van der Waals surface area contributed by atoms with Crippen molar-refractivity contribution in [2.45, 2.75) is 38.3 Å². The van der Waals surface area contributed by atoms with Crippen LogP contribution in [0.5, 0.6) is 11.5 Å². The van der Waals surface area contributed by atoms with Gasteiger partial charge in [0, 0.05) is 24.7 Å². The van der Waals surface area contributed by atoms with Gasteiger partial charge in [0.15, 0.2) is 11.5 Å². The minimum atomic E-state index is -4.45. The topological polar surface area (TPSA) is 105 Å². The molecule has 0 bridgehead atoms. The van der Waals surface area contributed by atoms with Crippen LogP contribution in [0.4, 0.5) is 14.5 Å². The number of rotatable bonds is 13. The monoisotopic (exact) mass is 603 g/mol. The fourth-order valence-electron chi connectivity index (χ4n) is 4.09. The molecule has 9 nitrogen and oxygen atoms in total. The number of benzene rings is 3. The maximum absolute atomic E-state index is 14.6. The summed E-state index contributed by atoms with van der Waals surface area (Å²) in [7, 11) is -1.70. The standard InChI is InChI=1S/C30H35F2N3O6S/c1-20(2)17-33-30(37)21(3)34(18-22-8-6-7-9-26(22)32)29(36)19-35(24-12-10-23(31)11-13-24)42(38,39)25-14-15-27(40-4)28(16-25)41-5/h6-16,20-21H,17-19H2,1-5H3,(H,33,37). The van der Waals surface area contributed by atoms with E-state index in [1.807, 2.05) is 13.8 Å². The van der Waals surface area contributed by atoms with Crippen LogP contribution in [0.25, 0.3) is 0 Å². The second kappa shape index (κ2) is 14.1. The number of carbonyl (C=O) groups excluding carboxylic acids is 2. The van der Waals surface area contributed by atoms with E-state index in [0.717, 1.165) is 21.3 Å². The number of nitrogens with zero attached hydrogens (tertiary/aromatic N) is 2. The number of methoxy groups -OCH3 is 2. The SMILES string of the molecule is COc1ccc(S(=O)(=O)N(CC(=O)N(Cc2ccccc2F)C(C)C(=O)NCC(C)C)c2ccc(F)cc2)cc1OC. The third-order valence-corrected chi connectivity index (χ3v) is 8.26. The van der Waals surface area contributed by atoms with E-state index in [9.17, 15) is 26.8 Å². The van der Waals surface area contributed by atoms with Gasteiger partial charge >= 0.3 is 0 Å². The molecule has 0 fully saturated rings. The molecule has 0 aliphatic rings. The first kappa shape index (κ1) is 32.3. The maximum atomic E-state index is 14.6. The maximum Gasteiger partial charge on any atom is 0.264 e. The van der Waals surface area contributed by atoms with Crippen molar-refractivity contribution in [2.75, 3.05) is 31.6 Å². The third kappa shape index (κ3) is 7.75. The van der Waals surface area contributed by atoms with Gasteiger partial charge in [-0.25, -0.2) is 17.2 Å². The largest absolute Gasteiger partial charge is 0.493 e. The van der Waals surface area contributed by atoms with E-state index in [4.69, 9.17) is 9.47 Å². The number of carbonyl (C=O) groups is 2. The molecule has 42 heavy (non-hydrogen) atoms. The highest BCUT2D eigenvalue weighted by Crippen LogP contribution is 2.32. The Balaban J connectivity index is 2.06. The number of amides is 2. The first-order chi connectivity index (χ1) is 19.9. The van der Waals surface area contributed by atoms with Gasteiger partial charge in [-0.1, -0.05) is 32.0 Å². The molecule has 1 unspecified atom stereocenters. The summed E-state index contributed by atoms with van der Waals surface area (Å²) in [5.41, 5.74) is 0.146. The summed E-state index contributed by atoms with van der Waals surface area (Å²) in [6.07, 6.45) is 0. The Morgan fingerprint density at radius 2 is 1.55 bits per heavy atom. The van der Waals surface area contributed by atoms with E-state index >= 15 is 0 Å². The summed E-state index contributed by atoms with van der Waals surface area (Å²) in [4.78, 5) is 27.8. The van der Waals surface area contributed by atoms with Crippen LogP contribution < -0.4 is 19.1 Å². The average Bonchev–Trinajstić information content (AvgIpc) is 2.97. The van der Waals surface area contributed by atoms with E-state index < -0.39 is 46.1 Å². The lowest BCUT2D eigenvalue weighted by atomic mass is 10.1. The van der Waals surface area contributed by atoms with Gasteiger partial charge in [0.25, 0.3) is 10.0 Å². The summed E-state index contributed by atoms with van der Waals surface area (Å²) >= 11 is 0. The quantitative estimate of drug-likeness (QED) is 0.311. The van der Waals surface area contributed by atoms with Crippen LogP contribution in [-0.2, 0) is 26.2 Å². The number of ether oxygens (including phenoxy) is 2. The van der Waals surface area contributed by atoms with Gasteiger partial charge < -0.3 is 19.7 Å². The minimum Gasteiger partial charge on any atom is -0.493 e. The molecule has 0 spiro atoms. The summed E-state index contributed by atoms with van der Waals surface area (Å²) in [5, 5.41) is 2.76. The first-order valence-electron chi connectivity index (χ1n) is 13.2. The molecule has 3 rings (SSSR count). The Morgan fingerprint density at radius 3 is 2.14 bits per heavy atom. The molecule has 0 heterocycles. The lowest BCUT2D eigenvalue weighted by molar-refractivity contribution is -0.139. The minimum absolute atomic E-state index is 0.00212. The van der Waals surface area contributed by atoms with Crippen molar-refractivity contribution in [3.63, 3.8) is 0 Å². The van der Waals surface area contributed by atoms with Crippen molar-refractivity contribution in [2.24, 2.45) is 5.92 Å². The van der Waals surface area contributed by atoms with Crippen LogP contribution in [0.1, 0.15) is 26.3 Å². The van der Waals surface area contributed by atoms with Gasteiger partial charge in [0.05, 0.1) is 24.8 Å². The Kier molecular flexibility index (Phi) is 10.9. The number of sulfonamides is 1. The summed E-state index contributed by atoms with van der Waals surface area (Å²) < 4.78 is 67.6. The predicted molar refractivity (Wildman–Crippen MR) is 155 cm³/mol. The van der Waals surface area contributed by atoms with E-state index in [1.165, 1.54) is 69.7 Å². The Morgan fingerprint density at radius 1 is 0.905 bits per heavy atom. The Hall–Kier alpha value is -4.19. The number of nitrogens with one attached hydrogen (secondary N) is 1. The van der Waals surface area contributed by atoms with Gasteiger partial charge in [0.2, 0.25) is 11.8 Å². The van der Waals surface area contributed by atoms with Crippen LogP contribution in [0.15, 0.2) is 71.6 Å². The normalized spacial score (nSPS) is 12.0. The highest BCUT2D eigenvalue weighted by molar-refractivity contribution is 7.92. The molecule has 2 amide bonds. The van der Waals surface area contributed by atoms with Crippen LogP contribution >= 0.6 is 0 Å². The van der Waals surface area contributed by atoms with E-state index in [2.05, 4.69) is 5.32 Å². The van der Waals surface area contributed by atoms with Gasteiger partial charge in [-0.3, -0.25) is 13.9 Å². The van der Waals surface area contributed by atoms with Crippen molar-refractivity contribution >= 4 is 27.5 Å². The molecule has 12 heteroatoms. The molecule has 0 saturated heterocycles. The Bertz CT molecular complexity index is 1500. The molecule has 3 aromatic rings. The summed E-state index contributed by atoms with van der Waals surface area (Å²) in [6, 6.07) is 13.2.